The van der Waals surface area contributed by atoms with Gasteiger partial charge in [-0.05, 0) is 25.2 Å². The number of H-pyrrole nitrogens is 1. The Labute approximate surface area is 85.2 Å². The molecular formula is C9H9N3OS. The van der Waals surface area contributed by atoms with Crippen LogP contribution in [0.3, 0.4) is 0 Å². The number of nitrogens with one attached hydrogen (secondary N) is 1. The molecule has 0 saturated heterocycles. The molecule has 0 aromatic carbocycles. The van der Waals surface area contributed by atoms with Crippen LogP contribution in [0.2, 0.25) is 0 Å². The maximum absolute atomic E-state index is 11.3. The summed E-state index contributed by atoms with van der Waals surface area (Å²) in [4.78, 5) is 18.1. The average Bonchev–Trinajstić information content (AvgIpc) is 2.11. The van der Waals surface area contributed by atoms with Crippen molar-refractivity contribution in [3.63, 3.8) is 0 Å². The molecular weight excluding hydrogens is 198 g/mol. The average molecular weight is 207 g/mol. The number of hydrogen-bond acceptors (Lipinski definition) is 3. The highest BCUT2D eigenvalue weighted by molar-refractivity contribution is 7.71. The van der Waals surface area contributed by atoms with E-state index in [1.807, 2.05) is 13.2 Å². The summed E-state index contributed by atoms with van der Waals surface area (Å²) in [5.74, 6) is 0. The third-order valence-electron chi connectivity index (χ3n) is 2.08. The lowest BCUT2D eigenvalue weighted by Crippen LogP contribution is -2.10. The summed E-state index contributed by atoms with van der Waals surface area (Å²) in [5.41, 5.74) is 1.10. The van der Waals surface area contributed by atoms with Crippen LogP contribution in [-0.4, -0.2) is 14.5 Å². The minimum Gasteiger partial charge on any atom is -0.326 e. The van der Waals surface area contributed by atoms with Gasteiger partial charge in [0.25, 0.3) is 5.56 Å². The Hall–Kier alpha value is -1.49. The van der Waals surface area contributed by atoms with Crippen molar-refractivity contribution < 1.29 is 0 Å². The first-order valence-electron chi connectivity index (χ1n) is 4.15. The summed E-state index contributed by atoms with van der Waals surface area (Å²) in [6, 6.07) is 1.80. The van der Waals surface area contributed by atoms with Crippen molar-refractivity contribution in [3.05, 3.63) is 33.0 Å². The summed E-state index contributed by atoms with van der Waals surface area (Å²) in [7, 11) is 1.83. The molecule has 0 aliphatic rings. The zero-order chi connectivity index (χ0) is 10.3. The fourth-order valence-electron chi connectivity index (χ4n) is 1.27. The highest BCUT2D eigenvalue weighted by Crippen LogP contribution is 2.06. The molecule has 14 heavy (non-hydrogen) atoms. The van der Waals surface area contributed by atoms with Crippen LogP contribution >= 0.6 is 12.2 Å². The van der Waals surface area contributed by atoms with Gasteiger partial charge in [0, 0.05) is 24.2 Å². The first kappa shape index (κ1) is 9.08. The van der Waals surface area contributed by atoms with Crippen molar-refractivity contribution in [2.24, 2.45) is 7.05 Å². The quantitative estimate of drug-likeness (QED) is 0.662. The fourth-order valence-corrected chi connectivity index (χ4v) is 1.42. The van der Waals surface area contributed by atoms with E-state index >= 15 is 0 Å². The molecule has 0 amide bonds. The molecule has 0 aliphatic carbocycles. The first-order valence-corrected chi connectivity index (χ1v) is 4.56. The van der Waals surface area contributed by atoms with E-state index < -0.39 is 0 Å². The van der Waals surface area contributed by atoms with Gasteiger partial charge in [-0.1, -0.05) is 0 Å². The van der Waals surface area contributed by atoms with E-state index in [0.29, 0.717) is 16.0 Å². The van der Waals surface area contributed by atoms with E-state index in [1.54, 1.807) is 17.6 Å². The Morgan fingerprint density at radius 3 is 3.00 bits per heavy atom. The van der Waals surface area contributed by atoms with Crippen molar-refractivity contribution in [1.82, 2.24) is 14.5 Å². The topological polar surface area (TPSA) is 50.7 Å². The van der Waals surface area contributed by atoms with Crippen LogP contribution in [0.4, 0.5) is 0 Å². The van der Waals surface area contributed by atoms with E-state index in [0.717, 1.165) is 5.39 Å². The number of pyridine rings is 1. The second kappa shape index (κ2) is 3.02. The Kier molecular flexibility index (Phi) is 1.96. The molecule has 0 bridgehead atoms. The lowest BCUT2D eigenvalue weighted by atomic mass is 10.2. The summed E-state index contributed by atoms with van der Waals surface area (Å²) in [6.45, 7) is 1.76. The molecule has 5 heteroatoms. The molecule has 0 radical (unpaired) electrons. The van der Waals surface area contributed by atoms with Gasteiger partial charge in [0.1, 0.15) is 5.65 Å². The zero-order valence-electron chi connectivity index (χ0n) is 7.87. The number of hydrogen-bond donors (Lipinski definition) is 1. The predicted molar refractivity (Wildman–Crippen MR) is 56.9 cm³/mol. The molecule has 1 N–H and O–H groups in total. The van der Waals surface area contributed by atoms with Gasteiger partial charge < -0.3 is 9.55 Å². The van der Waals surface area contributed by atoms with Crippen molar-refractivity contribution >= 4 is 23.3 Å². The molecule has 72 valence electrons. The number of nitrogens with zero attached hydrogens (tertiary/aromatic N) is 2. The normalized spacial score (nSPS) is 10.7. The van der Waals surface area contributed by atoms with Gasteiger partial charge in [-0.2, -0.15) is 0 Å². The molecule has 2 aromatic rings. The van der Waals surface area contributed by atoms with Crippen molar-refractivity contribution in [1.29, 1.82) is 0 Å². The number of aromatic amines is 1. The number of fused-ring (bicyclic) bond motifs is 1. The van der Waals surface area contributed by atoms with Gasteiger partial charge in [0.15, 0.2) is 0 Å². The summed E-state index contributed by atoms with van der Waals surface area (Å²) < 4.78 is 2.20. The molecule has 2 heterocycles. The molecule has 0 unspecified atom stereocenters. The van der Waals surface area contributed by atoms with Gasteiger partial charge in [-0.3, -0.25) is 4.79 Å². The van der Waals surface area contributed by atoms with E-state index in [1.165, 1.54) is 0 Å². The van der Waals surface area contributed by atoms with Crippen LogP contribution in [0.1, 0.15) is 5.56 Å². The maximum Gasteiger partial charge on any atom is 0.252 e. The maximum atomic E-state index is 11.3. The SMILES string of the molecule is Cc1cc2cn(C)c(=S)nc2[nH]c1=O. The summed E-state index contributed by atoms with van der Waals surface area (Å²) in [6.07, 6.45) is 1.85. The fraction of sp³-hybridized carbons (Fsp3) is 0.222. The molecule has 2 rings (SSSR count). The molecule has 0 fully saturated rings. The third kappa shape index (κ3) is 1.35. The smallest absolute Gasteiger partial charge is 0.252 e. The van der Waals surface area contributed by atoms with E-state index in [9.17, 15) is 4.79 Å². The second-order valence-electron chi connectivity index (χ2n) is 3.22. The van der Waals surface area contributed by atoms with Crippen LogP contribution in [-0.2, 0) is 7.05 Å². The van der Waals surface area contributed by atoms with Crippen LogP contribution < -0.4 is 5.56 Å². The number of aryl methyl sites for hydroxylation is 2. The Bertz CT molecular complexity index is 561. The predicted octanol–water partition coefficient (Wildman–Crippen LogP) is 1.30. The van der Waals surface area contributed by atoms with Gasteiger partial charge in [-0.15, -0.1) is 0 Å². The van der Waals surface area contributed by atoms with Gasteiger partial charge in [0.05, 0.1) is 0 Å². The van der Waals surface area contributed by atoms with Crippen LogP contribution in [0.25, 0.3) is 11.0 Å². The van der Waals surface area contributed by atoms with E-state index in [2.05, 4.69) is 9.97 Å². The second-order valence-corrected chi connectivity index (χ2v) is 3.58. The lowest BCUT2D eigenvalue weighted by molar-refractivity contribution is 0.855. The van der Waals surface area contributed by atoms with Gasteiger partial charge in [0.2, 0.25) is 4.77 Å². The minimum absolute atomic E-state index is 0.117. The lowest BCUT2D eigenvalue weighted by Gasteiger charge is -2.01. The van der Waals surface area contributed by atoms with E-state index in [4.69, 9.17) is 12.2 Å². The zero-order valence-corrected chi connectivity index (χ0v) is 8.68. The van der Waals surface area contributed by atoms with Gasteiger partial charge >= 0.3 is 0 Å². The molecule has 0 saturated carbocycles. The molecule has 0 aliphatic heterocycles. The minimum atomic E-state index is -0.117. The highest BCUT2D eigenvalue weighted by Gasteiger charge is 2.00. The number of rotatable bonds is 0. The largest absolute Gasteiger partial charge is 0.326 e. The first-order chi connectivity index (χ1) is 6.58. The molecule has 4 nitrogen and oxygen atoms in total. The van der Waals surface area contributed by atoms with Crippen molar-refractivity contribution in [2.45, 2.75) is 6.92 Å². The van der Waals surface area contributed by atoms with Crippen LogP contribution in [0.5, 0.6) is 0 Å². The Balaban J connectivity index is 2.97. The Morgan fingerprint density at radius 1 is 1.57 bits per heavy atom. The summed E-state index contributed by atoms with van der Waals surface area (Å²) >= 11 is 4.99. The molecule has 2 aromatic heterocycles. The van der Waals surface area contributed by atoms with Crippen molar-refractivity contribution in [2.75, 3.05) is 0 Å². The molecule has 0 atom stereocenters. The third-order valence-corrected chi connectivity index (χ3v) is 2.46. The monoisotopic (exact) mass is 207 g/mol. The number of aromatic nitrogens is 3. The van der Waals surface area contributed by atoms with Crippen LogP contribution in [0.15, 0.2) is 17.1 Å². The molecule has 0 spiro atoms. The highest BCUT2D eigenvalue weighted by atomic mass is 32.1. The Morgan fingerprint density at radius 2 is 2.29 bits per heavy atom. The summed E-state index contributed by atoms with van der Waals surface area (Å²) in [5, 5.41) is 0.887. The van der Waals surface area contributed by atoms with Crippen molar-refractivity contribution in [3.8, 4) is 0 Å². The van der Waals surface area contributed by atoms with E-state index in [-0.39, 0.29) is 5.56 Å². The standard InChI is InChI=1S/C9H9N3OS/c1-5-3-6-4-12(2)9(14)11-7(6)10-8(5)13/h3-4H,1-2H3,(H,10,11,13,14). The van der Waals surface area contributed by atoms with Gasteiger partial charge in [-0.25, -0.2) is 4.98 Å². The van der Waals surface area contributed by atoms with Crippen LogP contribution in [0, 0.1) is 11.7 Å².